The van der Waals surface area contributed by atoms with Crippen LogP contribution >= 0.6 is 0 Å². The highest BCUT2D eigenvalue weighted by atomic mass is 16.6. The molecule has 0 aliphatic heterocycles. The van der Waals surface area contributed by atoms with Crippen LogP contribution in [0.5, 0.6) is 5.75 Å². The lowest BCUT2D eigenvalue weighted by atomic mass is 10.1. The number of aryl methyl sites for hydroxylation is 1. The van der Waals surface area contributed by atoms with E-state index in [2.05, 4.69) is 22.1 Å². The van der Waals surface area contributed by atoms with Gasteiger partial charge in [0.25, 0.3) is 0 Å². The van der Waals surface area contributed by atoms with E-state index in [4.69, 9.17) is 4.74 Å². The highest BCUT2D eigenvalue weighted by Gasteiger charge is 2.03. The van der Waals surface area contributed by atoms with Crippen LogP contribution in [0.4, 0.5) is 0 Å². The van der Waals surface area contributed by atoms with Crippen LogP contribution in [0.15, 0.2) is 53.7 Å². The summed E-state index contributed by atoms with van der Waals surface area (Å²) in [7, 11) is 1.55. The molecule has 0 unspecified atom stereocenters. The fourth-order valence-corrected chi connectivity index (χ4v) is 1.98. The number of hydrogen-bond donors (Lipinski definition) is 0. The van der Waals surface area contributed by atoms with Crippen molar-refractivity contribution in [3.05, 3.63) is 65.2 Å². The molecule has 2 aromatic carbocycles. The van der Waals surface area contributed by atoms with Crippen LogP contribution in [0.2, 0.25) is 0 Å². The summed E-state index contributed by atoms with van der Waals surface area (Å²) in [6.45, 7) is 2.61. The zero-order chi connectivity index (χ0) is 14.2. The van der Waals surface area contributed by atoms with Gasteiger partial charge in [0, 0.05) is 12.6 Å². The van der Waals surface area contributed by atoms with Gasteiger partial charge >= 0.3 is 0 Å². The van der Waals surface area contributed by atoms with E-state index in [1.807, 2.05) is 43.3 Å². The predicted octanol–water partition coefficient (Wildman–Crippen LogP) is 3.75. The van der Waals surface area contributed by atoms with Crippen molar-refractivity contribution in [3.63, 3.8) is 0 Å². The van der Waals surface area contributed by atoms with Crippen molar-refractivity contribution in [1.82, 2.24) is 0 Å². The minimum atomic E-state index is 0.557. The zero-order valence-electron chi connectivity index (χ0n) is 11.9. The number of nitrogens with zero attached hydrogens (tertiary/aromatic N) is 1. The molecule has 2 rings (SSSR count). The van der Waals surface area contributed by atoms with Gasteiger partial charge in [0.05, 0.1) is 0 Å². The van der Waals surface area contributed by atoms with Crippen LogP contribution in [0.1, 0.15) is 16.7 Å². The average molecular weight is 269 g/mol. The Morgan fingerprint density at radius 3 is 2.45 bits per heavy atom. The molecule has 0 bridgehead atoms. The van der Waals surface area contributed by atoms with Gasteiger partial charge in [-0.1, -0.05) is 47.6 Å². The second-order valence-corrected chi connectivity index (χ2v) is 4.50. The lowest BCUT2D eigenvalue weighted by molar-refractivity contribution is 0.214. The van der Waals surface area contributed by atoms with Crippen molar-refractivity contribution < 1.29 is 9.57 Å². The molecule has 0 spiro atoms. The molecule has 0 aliphatic carbocycles. The van der Waals surface area contributed by atoms with Crippen molar-refractivity contribution in [2.45, 2.75) is 20.0 Å². The Morgan fingerprint density at radius 1 is 1.00 bits per heavy atom. The Kier molecular flexibility index (Phi) is 5.18. The van der Waals surface area contributed by atoms with Crippen LogP contribution in [0.3, 0.4) is 0 Å². The maximum atomic E-state index is 5.89. The first-order valence-corrected chi connectivity index (χ1v) is 6.61. The molecule has 0 aliphatic rings. The van der Waals surface area contributed by atoms with E-state index in [1.165, 1.54) is 11.1 Å². The number of oxime groups is 1. The first kappa shape index (κ1) is 14.1. The maximum Gasteiger partial charge on any atom is 0.122 e. The summed E-state index contributed by atoms with van der Waals surface area (Å²) in [4.78, 5) is 4.69. The lowest BCUT2D eigenvalue weighted by Gasteiger charge is -2.11. The predicted molar refractivity (Wildman–Crippen MR) is 81.2 cm³/mol. The Bertz CT molecular complexity index is 579. The van der Waals surface area contributed by atoms with Crippen molar-refractivity contribution in [2.24, 2.45) is 5.16 Å². The fourth-order valence-electron chi connectivity index (χ4n) is 1.98. The van der Waals surface area contributed by atoms with Gasteiger partial charge < -0.3 is 9.57 Å². The molecule has 3 nitrogen and oxygen atoms in total. The van der Waals surface area contributed by atoms with E-state index < -0.39 is 0 Å². The number of rotatable bonds is 6. The summed E-state index contributed by atoms with van der Waals surface area (Å²) in [5, 5.41) is 3.77. The molecule has 0 heterocycles. The molecule has 0 radical (unpaired) electrons. The van der Waals surface area contributed by atoms with Gasteiger partial charge in [0.2, 0.25) is 0 Å². The highest BCUT2D eigenvalue weighted by molar-refractivity contribution is 5.61. The summed E-state index contributed by atoms with van der Waals surface area (Å²) in [6.07, 6.45) is 2.49. The van der Waals surface area contributed by atoms with E-state index in [1.54, 1.807) is 13.3 Å². The van der Waals surface area contributed by atoms with E-state index in [9.17, 15) is 0 Å². The van der Waals surface area contributed by atoms with Crippen LogP contribution in [0.25, 0.3) is 0 Å². The van der Waals surface area contributed by atoms with E-state index in [0.29, 0.717) is 6.61 Å². The van der Waals surface area contributed by atoms with Crippen LogP contribution in [0, 0.1) is 6.92 Å². The lowest BCUT2D eigenvalue weighted by Crippen LogP contribution is -2.01. The Morgan fingerprint density at radius 2 is 1.70 bits per heavy atom. The quantitative estimate of drug-likeness (QED) is 0.590. The van der Waals surface area contributed by atoms with Gasteiger partial charge in [-0.2, -0.15) is 0 Å². The zero-order valence-corrected chi connectivity index (χ0v) is 11.9. The third kappa shape index (κ3) is 3.85. The molecule has 2 aromatic rings. The first-order valence-electron chi connectivity index (χ1n) is 6.61. The van der Waals surface area contributed by atoms with Crippen LogP contribution in [-0.2, 0) is 17.9 Å². The Balaban J connectivity index is 2.06. The first-order chi connectivity index (χ1) is 9.81. The molecular formula is C17H19NO2. The fraction of sp³-hybridized carbons (Fsp3) is 0.235. The summed E-state index contributed by atoms with van der Waals surface area (Å²) < 4.78 is 5.89. The summed E-state index contributed by atoms with van der Waals surface area (Å²) in [5.74, 6) is 0.924. The van der Waals surface area contributed by atoms with Gasteiger partial charge in [-0.25, -0.2) is 0 Å². The number of benzene rings is 2. The van der Waals surface area contributed by atoms with Gasteiger partial charge in [-0.15, -0.1) is 0 Å². The van der Waals surface area contributed by atoms with Gasteiger partial charge in [0.1, 0.15) is 19.5 Å². The van der Waals surface area contributed by atoms with Crippen LogP contribution < -0.4 is 4.74 Å². The van der Waals surface area contributed by atoms with Crippen molar-refractivity contribution in [3.8, 4) is 5.75 Å². The molecule has 0 aromatic heterocycles. The molecular weight excluding hydrogens is 250 g/mol. The molecule has 104 valence electrons. The average Bonchev–Trinajstić information content (AvgIpc) is 2.48. The Hall–Kier alpha value is -2.29. The third-order valence-corrected chi connectivity index (χ3v) is 3.09. The summed E-state index contributed by atoms with van der Waals surface area (Å²) in [6, 6.07) is 16.2. The largest absolute Gasteiger partial charge is 0.489 e. The van der Waals surface area contributed by atoms with Gasteiger partial charge in [0.15, 0.2) is 0 Å². The van der Waals surface area contributed by atoms with Crippen molar-refractivity contribution in [2.75, 3.05) is 7.11 Å². The second kappa shape index (κ2) is 7.34. The standard InChI is InChI=1S/C17H19NO2/c1-14-7-3-6-10-17(14)20-13-16-9-5-4-8-15(16)11-12-18-19-2/h3-10,12H,11,13H2,1-2H3. The smallest absolute Gasteiger partial charge is 0.122 e. The number of ether oxygens (including phenoxy) is 1. The SMILES string of the molecule is CON=CCc1ccccc1COc1ccccc1C. The summed E-state index contributed by atoms with van der Waals surface area (Å²) >= 11 is 0. The highest BCUT2D eigenvalue weighted by Crippen LogP contribution is 2.19. The number of para-hydroxylation sites is 1. The molecule has 20 heavy (non-hydrogen) atoms. The van der Waals surface area contributed by atoms with Crippen LogP contribution in [-0.4, -0.2) is 13.3 Å². The molecule has 0 N–H and O–H groups in total. The second-order valence-electron chi connectivity index (χ2n) is 4.50. The van der Waals surface area contributed by atoms with Crippen molar-refractivity contribution >= 4 is 6.21 Å². The number of hydrogen-bond acceptors (Lipinski definition) is 3. The third-order valence-electron chi connectivity index (χ3n) is 3.09. The Labute approximate surface area is 119 Å². The molecule has 0 atom stereocenters. The summed E-state index contributed by atoms with van der Waals surface area (Å²) in [5.41, 5.74) is 3.51. The minimum Gasteiger partial charge on any atom is -0.489 e. The molecule has 0 fully saturated rings. The monoisotopic (exact) mass is 269 g/mol. The molecule has 0 saturated carbocycles. The molecule has 0 amide bonds. The minimum absolute atomic E-state index is 0.557. The molecule has 0 saturated heterocycles. The topological polar surface area (TPSA) is 30.8 Å². The van der Waals surface area contributed by atoms with E-state index in [0.717, 1.165) is 17.7 Å². The van der Waals surface area contributed by atoms with Crippen molar-refractivity contribution in [1.29, 1.82) is 0 Å². The maximum absolute atomic E-state index is 5.89. The van der Waals surface area contributed by atoms with E-state index >= 15 is 0 Å². The van der Waals surface area contributed by atoms with Gasteiger partial charge in [-0.3, -0.25) is 0 Å². The normalized spacial score (nSPS) is 10.7. The molecule has 3 heteroatoms. The van der Waals surface area contributed by atoms with Gasteiger partial charge in [-0.05, 0) is 29.7 Å². The van der Waals surface area contributed by atoms with E-state index in [-0.39, 0.29) is 0 Å².